The Hall–Kier alpha value is -0.200. The molecule has 0 aromatic heterocycles. The van der Waals surface area contributed by atoms with E-state index >= 15 is 0 Å². The Morgan fingerprint density at radius 2 is 1.80 bits per heavy atom. The second kappa shape index (κ2) is 5.77. The quantitative estimate of drug-likeness (QED) is 0.451. The smallest absolute Gasteiger partial charge is 0.0992 e. The van der Waals surface area contributed by atoms with E-state index < -0.39 is 12.2 Å². The lowest BCUT2D eigenvalue weighted by molar-refractivity contribution is 0.0184. The average molecular weight is 218 g/mol. The minimum atomic E-state index is -0.889. The van der Waals surface area contributed by atoms with Crippen molar-refractivity contribution in [2.45, 2.75) is 44.1 Å². The highest BCUT2D eigenvalue weighted by Gasteiger charge is 2.45. The number of hydrogen-bond acceptors (Lipinski definition) is 5. The van der Waals surface area contributed by atoms with Gasteiger partial charge in [0, 0.05) is 6.54 Å². The predicted molar refractivity (Wildman–Crippen MR) is 57.3 cm³/mol. The Bertz CT molecular complexity index is 176. The summed E-state index contributed by atoms with van der Waals surface area (Å²) in [4.78, 5) is 1.93. The summed E-state index contributed by atoms with van der Waals surface area (Å²) in [5, 5.41) is 28.7. The highest BCUT2D eigenvalue weighted by molar-refractivity contribution is 5.00. The van der Waals surface area contributed by atoms with E-state index in [0.29, 0.717) is 6.54 Å². The number of hydrogen-bond donors (Lipinski definition) is 4. The van der Waals surface area contributed by atoms with Crippen molar-refractivity contribution in [1.29, 1.82) is 0 Å². The number of aliphatic hydroxyl groups is 3. The van der Waals surface area contributed by atoms with Gasteiger partial charge in [-0.15, -0.1) is 0 Å². The Morgan fingerprint density at radius 3 is 2.27 bits per heavy atom. The van der Waals surface area contributed by atoms with Crippen LogP contribution in [0.3, 0.4) is 0 Å². The van der Waals surface area contributed by atoms with Crippen LogP contribution in [-0.2, 0) is 0 Å². The average Bonchev–Trinajstić information content (AvgIpc) is 2.48. The summed E-state index contributed by atoms with van der Waals surface area (Å²) in [6, 6.07) is -0.608. The molecule has 5 N–H and O–H groups in total. The van der Waals surface area contributed by atoms with E-state index in [4.69, 9.17) is 5.73 Å². The van der Waals surface area contributed by atoms with Crippen LogP contribution in [0.2, 0.25) is 0 Å². The molecule has 1 aliphatic heterocycles. The van der Waals surface area contributed by atoms with E-state index in [-0.39, 0.29) is 18.7 Å². The van der Waals surface area contributed by atoms with Crippen LogP contribution in [-0.4, -0.2) is 64.2 Å². The van der Waals surface area contributed by atoms with Gasteiger partial charge in [0.2, 0.25) is 0 Å². The fraction of sp³-hybridized carbons (Fsp3) is 1.00. The molecule has 90 valence electrons. The third-order valence-electron chi connectivity index (χ3n) is 3.19. The zero-order chi connectivity index (χ0) is 11.4. The van der Waals surface area contributed by atoms with Gasteiger partial charge in [-0.05, 0) is 13.0 Å². The Labute approximate surface area is 90.5 Å². The normalized spacial score (nSPS) is 37.4. The van der Waals surface area contributed by atoms with Crippen molar-refractivity contribution in [2.75, 3.05) is 19.7 Å². The molecule has 0 spiro atoms. The van der Waals surface area contributed by atoms with Crippen LogP contribution >= 0.6 is 0 Å². The monoisotopic (exact) mass is 218 g/mol. The van der Waals surface area contributed by atoms with Crippen molar-refractivity contribution in [2.24, 2.45) is 5.73 Å². The largest absolute Gasteiger partial charge is 0.395 e. The molecule has 5 heteroatoms. The SMILES string of the molecule is CCCCN1[C@H](CN)[C@@H](O)[C@H](O)[C@H]1CO. The van der Waals surface area contributed by atoms with Crippen LogP contribution in [0.5, 0.6) is 0 Å². The molecule has 4 atom stereocenters. The molecule has 5 nitrogen and oxygen atoms in total. The van der Waals surface area contributed by atoms with Gasteiger partial charge in [-0.2, -0.15) is 0 Å². The molecule has 0 aliphatic carbocycles. The molecule has 0 aromatic carbocycles. The van der Waals surface area contributed by atoms with Crippen LogP contribution < -0.4 is 5.73 Å². The summed E-state index contributed by atoms with van der Waals surface area (Å²) in [5.74, 6) is 0. The van der Waals surface area contributed by atoms with E-state index in [9.17, 15) is 15.3 Å². The topological polar surface area (TPSA) is 90.0 Å². The molecule has 1 saturated heterocycles. The Balaban J connectivity index is 2.68. The van der Waals surface area contributed by atoms with E-state index in [0.717, 1.165) is 19.4 Å². The van der Waals surface area contributed by atoms with E-state index in [1.54, 1.807) is 0 Å². The van der Waals surface area contributed by atoms with Crippen molar-refractivity contribution in [3.8, 4) is 0 Å². The minimum absolute atomic E-state index is 0.140. The van der Waals surface area contributed by atoms with Crippen LogP contribution in [0.25, 0.3) is 0 Å². The van der Waals surface area contributed by atoms with Crippen LogP contribution in [0.15, 0.2) is 0 Å². The number of unbranched alkanes of at least 4 members (excludes halogenated alkanes) is 1. The van der Waals surface area contributed by atoms with Crippen molar-refractivity contribution in [1.82, 2.24) is 4.90 Å². The zero-order valence-electron chi connectivity index (χ0n) is 9.21. The summed E-state index contributed by atoms with van der Waals surface area (Å²) < 4.78 is 0. The molecule has 1 fully saturated rings. The molecule has 1 heterocycles. The van der Waals surface area contributed by atoms with Crippen molar-refractivity contribution in [3.63, 3.8) is 0 Å². The van der Waals surface area contributed by atoms with E-state index in [1.165, 1.54) is 0 Å². The van der Waals surface area contributed by atoms with Gasteiger partial charge in [0.05, 0.1) is 30.9 Å². The fourth-order valence-corrected chi connectivity index (χ4v) is 2.25. The molecular weight excluding hydrogens is 196 g/mol. The number of likely N-dealkylation sites (tertiary alicyclic amines) is 1. The molecule has 0 radical (unpaired) electrons. The van der Waals surface area contributed by atoms with E-state index in [1.807, 2.05) is 4.90 Å². The Kier molecular flexibility index (Phi) is 4.95. The summed E-state index contributed by atoms with van der Waals surface area (Å²) in [7, 11) is 0. The summed E-state index contributed by atoms with van der Waals surface area (Å²) in [6.07, 6.45) is 0.286. The molecule has 1 aliphatic rings. The van der Waals surface area contributed by atoms with Crippen molar-refractivity contribution >= 4 is 0 Å². The summed E-state index contributed by atoms with van der Waals surface area (Å²) >= 11 is 0. The number of nitrogens with two attached hydrogens (primary N) is 1. The van der Waals surface area contributed by atoms with Crippen LogP contribution in [0.4, 0.5) is 0 Å². The minimum Gasteiger partial charge on any atom is -0.395 e. The van der Waals surface area contributed by atoms with Gasteiger partial charge in [-0.3, -0.25) is 4.90 Å². The molecule has 0 unspecified atom stereocenters. The molecule has 15 heavy (non-hydrogen) atoms. The Morgan fingerprint density at radius 1 is 1.20 bits per heavy atom. The maximum absolute atomic E-state index is 9.75. The molecule has 0 amide bonds. The lowest BCUT2D eigenvalue weighted by Crippen LogP contribution is -2.45. The van der Waals surface area contributed by atoms with E-state index in [2.05, 4.69) is 6.92 Å². The van der Waals surface area contributed by atoms with Crippen molar-refractivity contribution < 1.29 is 15.3 Å². The molecule has 0 bridgehead atoms. The van der Waals surface area contributed by atoms with Gasteiger partial charge >= 0.3 is 0 Å². The highest BCUT2D eigenvalue weighted by atomic mass is 16.3. The highest BCUT2D eigenvalue weighted by Crippen LogP contribution is 2.24. The van der Waals surface area contributed by atoms with Gasteiger partial charge in [0.15, 0.2) is 0 Å². The third-order valence-corrected chi connectivity index (χ3v) is 3.19. The second-order valence-electron chi connectivity index (χ2n) is 4.13. The summed E-state index contributed by atoms with van der Waals surface area (Å²) in [6.45, 7) is 3.00. The molecular formula is C10H22N2O3. The zero-order valence-corrected chi connectivity index (χ0v) is 9.21. The van der Waals surface area contributed by atoms with Gasteiger partial charge in [-0.25, -0.2) is 0 Å². The van der Waals surface area contributed by atoms with Gasteiger partial charge in [0.25, 0.3) is 0 Å². The second-order valence-corrected chi connectivity index (χ2v) is 4.13. The lowest BCUT2D eigenvalue weighted by atomic mass is 10.1. The maximum Gasteiger partial charge on any atom is 0.0992 e. The first-order valence-electron chi connectivity index (χ1n) is 5.60. The number of nitrogens with zero attached hydrogens (tertiary/aromatic N) is 1. The summed E-state index contributed by atoms with van der Waals surface area (Å²) in [5.41, 5.74) is 5.57. The molecule has 0 aromatic rings. The number of rotatable bonds is 5. The van der Waals surface area contributed by atoms with Gasteiger partial charge < -0.3 is 21.1 Å². The van der Waals surface area contributed by atoms with Crippen LogP contribution in [0.1, 0.15) is 19.8 Å². The maximum atomic E-state index is 9.75. The third kappa shape index (κ3) is 2.49. The first kappa shape index (κ1) is 12.9. The van der Waals surface area contributed by atoms with Crippen LogP contribution in [0, 0.1) is 0 Å². The predicted octanol–water partition coefficient (Wildman–Crippen LogP) is -1.49. The number of aliphatic hydroxyl groups excluding tert-OH is 3. The first-order valence-corrected chi connectivity index (χ1v) is 5.60. The molecule has 1 rings (SSSR count). The standard InChI is InChI=1S/C10H22N2O3/c1-2-3-4-12-7(5-11)9(14)10(15)8(12)6-13/h7-10,13-15H,2-6,11H2,1H3/t7-,8-,9-,10-/m1/s1. The lowest BCUT2D eigenvalue weighted by Gasteiger charge is -2.28. The van der Waals surface area contributed by atoms with Gasteiger partial charge in [-0.1, -0.05) is 13.3 Å². The molecule has 0 saturated carbocycles. The van der Waals surface area contributed by atoms with Gasteiger partial charge in [0.1, 0.15) is 0 Å². The fourth-order valence-electron chi connectivity index (χ4n) is 2.25. The first-order chi connectivity index (χ1) is 7.17. The van der Waals surface area contributed by atoms with Crippen molar-refractivity contribution in [3.05, 3.63) is 0 Å².